The van der Waals surface area contributed by atoms with Gasteiger partial charge in [-0.2, -0.15) is 0 Å². The zero-order valence-corrected chi connectivity index (χ0v) is 14.6. The van der Waals surface area contributed by atoms with E-state index in [2.05, 4.69) is 21.9 Å². The van der Waals surface area contributed by atoms with Crippen molar-refractivity contribution in [3.05, 3.63) is 29.3 Å². The standard InChI is InChI=1S/C20H27ClN2/c21-18-1-3-19(4-2-18)22-5-7-23(8-6-22)20-16-10-14-9-15(12-16)13-17(20)11-14/h1-4,14-17,20H,5-13H2. The molecule has 6 rings (SSSR count). The molecule has 0 atom stereocenters. The Morgan fingerprint density at radius 3 is 1.87 bits per heavy atom. The Bertz CT molecular complexity index is 534. The van der Waals surface area contributed by atoms with E-state index in [1.807, 2.05) is 12.1 Å². The molecule has 1 heterocycles. The monoisotopic (exact) mass is 330 g/mol. The number of benzene rings is 1. The number of rotatable bonds is 2. The van der Waals surface area contributed by atoms with Crippen molar-refractivity contribution in [2.24, 2.45) is 23.7 Å². The summed E-state index contributed by atoms with van der Waals surface area (Å²) in [6.45, 7) is 4.83. The summed E-state index contributed by atoms with van der Waals surface area (Å²) in [6, 6.07) is 9.28. The van der Waals surface area contributed by atoms with E-state index in [-0.39, 0.29) is 0 Å². The van der Waals surface area contributed by atoms with E-state index < -0.39 is 0 Å². The molecule has 0 radical (unpaired) electrons. The van der Waals surface area contributed by atoms with Crippen LogP contribution in [0.2, 0.25) is 5.02 Å². The second kappa shape index (κ2) is 5.67. The second-order valence-corrected chi connectivity index (χ2v) is 8.86. The molecule has 1 aromatic rings. The summed E-state index contributed by atoms with van der Waals surface area (Å²) in [4.78, 5) is 5.39. The van der Waals surface area contributed by atoms with E-state index in [9.17, 15) is 0 Å². The largest absolute Gasteiger partial charge is 0.369 e. The lowest BCUT2D eigenvalue weighted by Gasteiger charge is -2.58. The highest BCUT2D eigenvalue weighted by Crippen LogP contribution is 2.55. The van der Waals surface area contributed by atoms with Gasteiger partial charge in [0.15, 0.2) is 0 Å². The zero-order chi connectivity index (χ0) is 15.4. The lowest BCUT2D eigenvalue weighted by Crippen LogP contribution is -2.60. The molecule has 1 aromatic carbocycles. The quantitative estimate of drug-likeness (QED) is 0.798. The summed E-state index contributed by atoms with van der Waals surface area (Å²) in [6.07, 6.45) is 7.71. The van der Waals surface area contributed by atoms with Crippen LogP contribution in [0.1, 0.15) is 32.1 Å². The molecule has 0 unspecified atom stereocenters. The molecule has 5 fully saturated rings. The molecule has 124 valence electrons. The number of hydrogen-bond donors (Lipinski definition) is 0. The Morgan fingerprint density at radius 1 is 0.739 bits per heavy atom. The predicted octanol–water partition coefficient (Wildman–Crippen LogP) is 4.29. The van der Waals surface area contributed by atoms with Gasteiger partial charge in [0, 0.05) is 42.9 Å². The van der Waals surface area contributed by atoms with Crippen molar-refractivity contribution in [1.29, 1.82) is 0 Å². The van der Waals surface area contributed by atoms with Gasteiger partial charge in [-0.3, -0.25) is 4.90 Å². The molecule has 0 spiro atoms. The molecule has 0 aromatic heterocycles. The van der Waals surface area contributed by atoms with E-state index in [4.69, 9.17) is 11.6 Å². The molecule has 5 aliphatic rings. The normalized spacial score (nSPS) is 39.9. The average molecular weight is 331 g/mol. The maximum absolute atomic E-state index is 6.02. The van der Waals surface area contributed by atoms with Gasteiger partial charge < -0.3 is 4.90 Å². The molecule has 3 heteroatoms. The first-order chi connectivity index (χ1) is 11.3. The van der Waals surface area contributed by atoms with Gasteiger partial charge in [0.2, 0.25) is 0 Å². The molecule has 0 amide bonds. The zero-order valence-electron chi connectivity index (χ0n) is 13.8. The Labute approximate surface area is 144 Å². The van der Waals surface area contributed by atoms with Crippen LogP contribution in [0.5, 0.6) is 0 Å². The van der Waals surface area contributed by atoms with E-state index in [0.29, 0.717) is 0 Å². The van der Waals surface area contributed by atoms with Gasteiger partial charge >= 0.3 is 0 Å². The minimum absolute atomic E-state index is 0.834. The molecule has 4 bridgehead atoms. The first kappa shape index (κ1) is 14.6. The van der Waals surface area contributed by atoms with Crippen LogP contribution in [0.25, 0.3) is 0 Å². The van der Waals surface area contributed by atoms with Crippen LogP contribution in [-0.2, 0) is 0 Å². The van der Waals surface area contributed by atoms with Crippen LogP contribution >= 0.6 is 11.6 Å². The van der Waals surface area contributed by atoms with E-state index >= 15 is 0 Å². The van der Waals surface area contributed by atoms with E-state index in [0.717, 1.165) is 34.7 Å². The fraction of sp³-hybridized carbons (Fsp3) is 0.700. The molecule has 0 N–H and O–H groups in total. The Kier molecular flexibility index (Phi) is 3.60. The number of halogens is 1. The molecule has 23 heavy (non-hydrogen) atoms. The van der Waals surface area contributed by atoms with Crippen LogP contribution in [0.15, 0.2) is 24.3 Å². The van der Waals surface area contributed by atoms with Gasteiger partial charge in [-0.05, 0) is 80.0 Å². The maximum Gasteiger partial charge on any atom is 0.0407 e. The minimum Gasteiger partial charge on any atom is -0.369 e. The third-order valence-corrected chi connectivity index (χ3v) is 7.36. The number of nitrogens with zero attached hydrogens (tertiary/aromatic N) is 2. The molecule has 4 aliphatic carbocycles. The minimum atomic E-state index is 0.834. The Morgan fingerprint density at radius 2 is 1.30 bits per heavy atom. The topological polar surface area (TPSA) is 6.48 Å². The molecular weight excluding hydrogens is 304 g/mol. The highest BCUT2D eigenvalue weighted by molar-refractivity contribution is 6.30. The van der Waals surface area contributed by atoms with Gasteiger partial charge in [0.25, 0.3) is 0 Å². The molecule has 1 aliphatic heterocycles. The van der Waals surface area contributed by atoms with Crippen LogP contribution in [0.4, 0.5) is 5.69 Å². The highest BCUT2D eigenvalue weighted by atomic mass is 35.5. The fourth-order valence-electron chi connectivity index (χ4n) is 6.42. The van der Waals surface area contributed by atoms with Crippen molar-refractivity contribution in [3.8, 4) is 0 Å². The van der Waals surface area contributed by atoms with Crippen molar-refractivity contribution in [2.75, 3.05) is 31.1 Å². The van der Waals surface area contributed by atoms with Crippen molar-refractivity contribution in [1.82, 2.24) is 4.90 Å². The van der Waals surface area contributed by atoms with Gasteiger partial charge in [-0.15, -0.1) is 0 Å². The Hall–Kier alpha value is -0.730. The van der Waals surface area contributed by atoms with Crippen LogP contribution in [0.3, 0.4) is 0 Å². The average Bonchev–Trinajstić information content (AvgIpc) is 2.55. The summed E-state index contributed by atoms with van der Waals surface area (Å²) < 4.78 is 0. The first-order valence-corrected chi connectivity index (χ1v) is 9.88. The van der Waals surface area contributed by atoms with Crippen molar-refractivity contribution >= 4 is 17.3 Å². The third-order valence-electron chi connectivity index (χ3n) is 7.10. The lowest BCUT2D eigenvalue weighted by molar-refractivity contribution is -0.0665. The van der Waals surface area contributed by atoms with Gasteiger partial charge in [0.1, 0.15) is 0 Å². The van der Waals surface area contributed by atoms with Crippen LogP contribution < -0.4 is 4.90 Å². The summed E-state index contributed by atoms with van der Waals surface area (Å²) in [5.41, 5.74) is 1.33. The summed E-state index contributed by atoms with van der Waals surface area (Å²) in [5, 5.41) is 0.834. The van der Waals surface area contributed by atoms with Gasteiger partial charge in [-0.1, -0.05) is 11.6 Å². The number of hydrogen-bond acceptors (Lipinski definition) is 2. The SMILES string of the molecule is Clc1ccc(N2CCN(C3C4CC5CC(C4)CC3C5)CC2)cc1. The number of piperazine rings is 1. The molecule has 1 saturated heterocycles. The molecular formula is C20H27ClN2. The highest BCUT2D eigenvalue weighted by Gasteiger charge is 2.50. The predicted molar refractivity (Wildman–Crippen MR) is 96.1 cm³/mol. The first-order valence-electron chi connectivity index (χ1n) is 9.51. The Balaban J connectivity index is 1.26. The van der Waals surface area contributed by atoms with Crippen molar-refractivity contribution in [2.45, 2.75) is 38.1 Å². The fourth-order valence-corrected chi connectivity index (χ4v) is 6.55. The van der Waals surface area contributed by atoms with E-state index in [1.54, 1.807) is 6.42 Å². The second-order valence-electron chi connectivity index (χ2n) is 8.42. The smallest absolute Gasteiger partial charge is 0.0407 e. The summed E-state index contributed by atoms with van der Waals surface area (Å²) >= 11 is 6.02. The molecule has 4 saturated carbocycles. The van der Waals surface area contributed by atoms with Crippen molar-refractivity contribution in [3.63, 3.8) is 0 Å². The summed E-state index contributed by atoms with van der Waals surface area (Å²) in [7, 11) is 0. The summed E-state index contributed by atoms with van der Waals surface area (Å²) in [5.74, 6) is 4.22. The van der Waals surface area contributed by atoms with Crippen LogP contribution in [-0.4, -0.2) is 37.1 Å². The number of anilines is 1. The third kappa shape index (κ3) is 2.59. The molecule has 2 nitrogen and oxygen atoms in total. The maximum atomic E-state index is 6.02. The van der Waals surface area contributed by atoms with Gasteiger partial charge in [-0.25, -0.2) is 0 Å². The lowest BCUT2D eigenvalue weighted by atomic mass is 9.54. The van der Waals surface area contributed by atoms with E-state index in [1.165, 1.54) is 57.5 Å². The van der Waals surface area contributed by atoms with Crippen LogP contribution in [0, 0.1) is 23.7 Å². The van der Waals surface area contributed by atoms with Crippen molar-refractivity contribution < 1.29 is 0 Å². The van der Waals surface area contributed by atoms with Gasteiger partial charge in [0.05, 0.1) is 0 Å².